The third kappa shape index (κ3) is 3.43. The number of nitrogens with zero attached hydrogens (tertiary/aromatic N) is 6. The number of rotatable bonds is 4. The zero-order valence-corrected chi connectivity index (χ0v) is 18.2. The molecule has 2 aliphatic heterocycles. The Bertz CT molecular complexity index is 1400. The number of hydrazine groups is 1. The van der Waals surface area contributed by atoms with Gasteiger partial charge in [-0.1, -0.05) is 6.07 Å². The molecule has 0 bridgehead atoms. The van der Waals surface area contributed by atoms with Crippen LogP contribution >= 0.6 is 0 Å². The number of hydrogen-bond acceptors (Lipinski definition) is 7. The zero-order valence-electron chi connectivity index (χ0n) is 18.2. The van der Waals surface area contributed by atoms with E-state index >= 15 is 0 Å². The standard InChI is InChI=1S/C21H22N6O6/c1-23-19-18(20(30)24(2)21(23)31)25(11-22-19)10-17(29)27-7-3-6-26(27)16(28)9-13-4-5-14-15(8-13)33-12-32-14/h4-5,8,11H,3,6-7,9-10,12H2,1-2H3. The maximum absolute atomic E-state index is 13.1. The molecule has 2 aliphatic rings. The van der Waals surface area contributed by atoms with Crippen LogP contribution in [0.4, 0.5) is 0 Å². The first kappa shape index (κ1) is 20.8. The first-order valence-electron chi connectivity index (χ1n) is 10.4. The smallest absolute Gasteiger partial charge is 0.332 e. The lowest BCUT2D eigenvalue weighted by Gasteiger charge is -2.28. The van der Waals surface area contributed by atoms with Gasteiger partial charge in [-0.2, -0.15) is 0 Å². The van der Waals surface area contributed by atoms with E-state index in [1.54, 1.807) is 18.2 Å². The number of amides is 2. The van der Waals surface area contributed by atoms with Crippen LogP contribution in [0.5, 0.6) is 11.5 Å². The fourth-order valence-electron chi connectivity index (χ4n) is 4.19. The highest BCUT2D eigenvalue weighted by Crippen LogP contribution is 2.32. The third-order valence-corrected chi connectivity index (χ3v) is 5.92. The molecule has 0 aliphatic carbocycles. The van der Waals surface area contributed by atoms with E-state index < -0.39 is 11.2 Å². The fourth-order valence-corrected chi connectivity index (χ4v) is 4.19. The molecule has 2 aromatic heterocycles. The van der Waals surface area contributed by atoms with E-state index in [-0.39, 0.29) is 42.7 Å². The lowest BCUT2D eigenvalue weighted by molar-refractivity contribution is -0.157. The van der Waals surface area contributed by atoms with E-state index in [0.29, 0.717) is 31.0 Å². The maximum Gasteiger partial charge on any atom is 0.332 e. The van der Waals surface area contributed by atoms with Crippen LogP contribution in [-0.2, 0) is 36.6 Å². The van der Waals surface area contributed by atoms with Gasteiger partial charge in [-0.25, -0.2) is 14.8 Å². The average molecular weight is 454 g/mol. The number of ether oxygens (including phenoxy) is 2. The van der Waals surface area contributed by atoms with Crippen molar-refractivity contribution < 1.29 is 19.1 Å². The second kappa shape index (κ2) is 7.80. The van der Waals surface area contributed by atoms with Crippen molar-refractivity contribution in [2.45, 2.75) is 19.4 Å². The van der Waals surface area contributed by atoms with Crippen LogP contribution in [0.25, 0.3) is 11.2 Å². The number of imidazole rings is 1. The van der Waals surface area contributed by atoms with Gasteiger partial charge in [0.15, 0.2) is 22.7 Å². The molecule has 0 radical (unpaired) electrons. The second-order valence-electron chi connectivity index (χ2n) is 8.00. The summed E-state index contributed by atoms with van der Waals surface area (Å²) in [4.78, 5) is 54.9. The van der Waals surface area contributed by atoms with E-state index in [1.807, 2.05) is 0 Å². The molecule has 5 rings (SSSR count). The van der Waals surface area contributed by atoms with Crippen LogP contribution in [0.3, 0.4) is 0 Å². The highest BCUT2D eigenvalue weighted by atomic mass is 16.7. The second-order valence-corrected chi connectivity index (χ2v) is 8.00. The number of fused-ring (bicyclic) bond motifs is 2. The van der Waals surface area contributed by atoms with Crippen LogP contribution in [0.2, 0.25) is 0 Å². The molecule has 1 saturated heterocycles. The number of carbonyl (C=O) groups is 2. The molecular weight excluding hydrogens is 432 g/mol. The Labute approximate surface area is 187 Å². The van der Waals surface area contributed by atoms with Gasteiger partial charge in [0.1, 0.15) is 6.54 Å². The van der Waals surface area contributed by atoms with Crippen molar-refractivity contribution in [1.29, 1.82) is 0 Å². The predicted octanol–water partition coefficient (Wildman–Crippen LogP) is -0.619. The van der Waals surface area contributed by atoms with Crippen LogP contribution in [0, 0.1) is 0 Å². The predicted molar refractivity (Wildman–Crippen MR) is 115 cm³/mol. The Balaban J connectivity index is 1.35. The van der Waals surface area contributed by atoms with Crippen LogP contribution in [0.1, 0.15) is 12.0 Å². The normalized spacial score (nSPS) is 15.0. The van der Waals surface area contributed by atoms with Gasteiger partial charge in [0, 0.05) is 27.2 Å². The maximum atomic E-state index is 13.1. The summed E-state index contributed by atoms with van der Waals surface area (Å²) < 4.78 is 14.3. The molecule has 0 saturated carbocycles. The minimum absolute atomic E-state index is 0.108. The van der Waals surface area contributed by atoms with Crippen molar-refractivity contribution in [1.82, 2.24) is 28.7 Å². The summed E-state index contributed by atoms with van der Waals surface area (Å²) in [6.45, 7) is 0.796. The molecular formula is C21H22N6O6. The van der Waals surface area contributed by atoms with Gasteiger partial charge in [0.2, 0.25) is 12.7 Å². The Hall–Kier alpha value is -4.09. The van der Waals surface area contributed by atoms with Gasteiger partial charge in [-0.05, 0) is 24.1 Å². The van der Waals surface area contributed by atoms with E-state index in [9.17, 15) is 19.2 Å². The first-order chi connectivity index (χ1) is 15.8. The SMILES string of the molecule is Cn1c(=O)c2c(ncn2CC(=O)N2CCCN2C(=O)Cc2ccc3c(c2)OCO3)n(C)c1=O. The van der Waals surface area contributed by atoms with Crippen molar-refractivity contribution in [2.75, 3.05) is 19.9 Å². The Morgan fingerprint density at radius 3 is 2.52 bits per heavy atom. The van der Waals surface area contributed by atoms with Gasteiger partial charge in [-0.3, -0.25) is 28.5 Å². The van der Waals surface area contributed by atoms with Gasteiger partial charge in [-0.15, -0.1) is 0 Å². The highest BCUT2D eigenvalue weighted by Gasteiger charge is 2.31. The lowest BCUT2D eigenvalue weighted by atomic mass is 10.1. The lowest BCUT2D eigenvalue weighted by Crippen LogP contribution is -2.46. The van der Waals surface area contributed by atoms with Crippen molar-refractivity contribution in [3.8, 4) is 11.5 Å². The largest absolute Gasteiger partial charge is 0.454 e. The molecule has 3 aromatic rings. The minimum atomic E-state index is -0.532. The zero-order chi connectivity index (χ0) is 23.3. The van der Waals surface area contributed by atoms with Crippen molar-refractivity contribution in [3.05, 3.63) is 50.9 Å². The summed E-state index contributed by atoms with van der Waals surface area (Å²) in [5.74, 6) is 0.674. The van der Waals surface area contributed by atoms with Gasteiger partial charge in [0.25, 0.3) is 11.5 Å². The van der Waals surface area contributed by atoms with Crippen LogP contribution in [-0.4, -0.2) is 60.4 Å². The number of aromatic nitrogens is 4. The Morgan fingerprint density at radius 2 is 1.73 bits per heavy atom. The van der Waals surface area contributed by atoms with E-state index in [1.165, 1.54) is 39.6 Å². The Kier molecular flexibility index (Phi) is 4.91. The fraction of sp³-hybridized carbons (Fsp3) is 0.381. The topological polar surface area (TPSA) is 121 Å². The third-order valence-electron chi connectivity index (χ3n) is 5.92. The highest BCUT2D eigenvalue weighted by molar-refractivity contribution is 5.85. The van der Waals surface area contributed by atoms with Crippen molar-refractivity contribution >= 4 is 23.0 Å². The molecule has 33 heavy (non-hydrogen) atoms. The van der Waals surface area contributed by atoms with E-state index in [0.717, 1.165) is 10.1 Å². The summed E-state index contributed by atoms with van der Waals surface area (Å²) in [6, 6.07) is 5.32. The van der Waals surface area contributed by atoms with Crippen LogP contribution < -0.4 is 20.7 Å². The molecule has 12 heteroatoms. The Morgan fingerprint density at radius 1 is 1.00 bits per heavy atom. The molecule has 2 amide bonds. The van der Waals surface area contributed by atoms with Crippen LogP contribution in [0.15, 0.2) is 34.1 Å². The van der Waals surface area contributed by atoms with Crippen molar-refractivity contribution in [2.24, 2.45) is 14.1 Å². The summed E-state index contributed by atoms with van der Waals surface area (Å²) in [5, 5.41) is 2.85. The van der Waals surface area contributed by atoms with E-state index in [4.69, 9.17) is 9.47 Å². The summed E-state index contributed by atoms with van der Waals surface area (Å²) >= 11 is 0. The molecule has 1 fully saturated rings. The molecule has 0 N–H and O–H groups in total. The summed E-state index contributed by atoms with van der Waals surface area (Å²) in [6.07, 6.45) is 2.12. The molecule has 1 aromatic carbocycles. The number of hydrogen-bond donors (Lipinski definition) is 0. The van der Waals surface area contributed by atoms with E-state index in [2.05, 4.69) is 4.98 Å². The monoisotopic (exact) mass is 454 g/mol. The molecule has 12 nitrogen and oxygen atoms in total. The molecule has 0 atom stereocenters. The van der Waals surface area contributed by atoms with Gasteiger partial charge >= 0.3 is 5.69 Å². The molecule has 172 valence electrons. The van der Waals surface area contributed by atoms with Gasteiger partial charge in [0.05, 0.1) is 12.7 Å². The molecule has 4 heterocycles. The molecule has 0 unspecified atom stereocenters. The number of carbonyl (C=O) groups excluding carboxylic acids is 2. The van der Waals surface area contributed by atoms with Gasteiger partial charge < -0.3 is 14.0 Å². The average Bonchev–Trinajstić information content (AvgIpc) is 3.55. The van der Waals surface area contributed by atoms with Crippen molar-refractivity contribution in [3.63, 3.8) is 0 Å². The number of aryl methyl sites for hydroxylation is 1. The molecule has 0 spiro atoms. The summed E-state index contributed by atoms with van der Waals surface area (Å²) in [7, 11) is 2.89. The summed E-state index contributed by atoms with van der Waals surface area (Å²) in [5.41, 5.74) is 0.0893. The minimum Gasteiger partial charge on any atom is -0.454 e. The quantitative estimate of drug-likeness (QED) is 0.515. The first-order valence-corrected chi connectivity index (χ1v) is 10.4. The number of benzene rings is 1.